The van der Waals surface area contributed by atoms with Gasteiger partial charge in [-0.3, -0.25) is 4.79 Å². The number of thiophene rings is 1. The molecule has 1 amide bonds. The molecule has 94 valence electrons. The number of hydrogen-bond donors (Lipinski definition) is 3. The second-order valence-electron chi connectivity index (χ2n) is 4.35. The third-order valence-electron chi connectivity index (χ3n) is 2.48. The van der Waals surface area contributed by atoms with E-state index in [1.807, 2.05) is 0 Å². The molecule has 17 heavy (non-hydrogen) atoms. The van der Waals surface area contributed by atoms with Gasteiger partial charge < -0.3 is 16.2 Å². The third kappa shape index (κ3) is 3.28. The highest BCUT2D eigenvalue weighted by molar-refractivity contribution is 7.10. The predicted octanol–water partition coefficient (Wildman–Crippen LogP) is 0.975. The zero-order valence-corrected chi connectivity index (χ0v) is 10.6. The van der Waals surface area contributed by atoms with E-state index in [0.717, 1.165) is 0 Å². The average Bonchev–Trinajstić information content (AvgIpc) is 2.78. The molecule has 1 aromatic heterocycles. The Balaban J connectivity index is 2.83. The maximum absolute atomic E-state index is 11.9. The van der Waals surface area contributed by atoms with Crippen LogP contribution in [0.25, 0.3) is 0 Å². The van der Waals surface area contributed by atoms with Crippen LogP contribution in [0.4, 0.5) is 0 Å². The molecule has 0 saturated heterocycles. The standard InChI is InChI=1S/C11H16N2O3S/c1-11(2,6-12)10(16)13-8(9(14)15)7-4-3-5-17-7/h3-5,8H,6,12H2,1-2H3,(H,13,16)(H,14,15). The van der Waals surface area contributed by atoms with Gasteiger partial charge in [-0.2, -0.15) is 0 Å². The molecule has 1 rings (SSSR count). The number of carbonyl (C=O) groups is 2. The van der Waals surface area contributed by atoms with Crippen molar-refractivity contribution in [1.82, 2.24) is 5.32 Å². The lowest BCUT2D eigenvalue weighted by Gasteiger charge is -2.23. The van der Waals surface area contributed by atoms with E-state index in [1.165, 1.54) is 11.3 Å². The molecule has 0 aromatic carbocycles. The van der Waals surface area contributed by atoms with Crippen molar-refractivity contribution in [3.63, 3.8) is 0 Å². The van der Waals surface area contributed by atoms with Gasteiger partial charge in [0.15, 0.2) is 6.04 Å². The van der Waals surface area contributed by atoms with Crippen LogP contribution in [-0.4, -0.2) is 23.5 Å². The Morgan fingerprint density at radius 3 is 2.65 bits per heavy atom. The number of carboxylic acid groups (broad SMARTS) is 1. The number of carbonyl (C=O) groups excluding carboxylic acids is 1. The van der Waals surface area contributed by atoms with Gasteiger partial charge in [0.05, 0.1) is 5.41 Å². The van der Waals surface area contributed by atoms with Gasteiger partial charge in [-0.05, 0) is 25.3 Å². The lowest BCUT2D eigenvalue weighted by molar-refractivity contribution is -0.143. The Morgan fingerprint density at radius 1 is 1.59 bits per heavy atom. The van der Waals surface area contributed by atoms with E-state index in [1.54, 1.807) is 31.4 Å². The van der Waals surface area contributed by atoms with Gasteiger partial charge in [0.1, 0.15) is 0 Å². The second-order valence-corrected chi connectivity index (χ2v) is 5.33. The molecule has 0 radical (unpaired) electrons. The molecule has 1 unspecified atom stereocenters. The molecule has 0 spiro atoms. The highest BCUT2D eigenvalue weighted by Gasteiger charge is 2.31. The monoisotopic (exact) mass is 256 g/mol. The van der Waals surface area contributed by atoms with Crippen molar-refractivity contribution in [3.8, 4) is 0 Å². The van der Waals surface area contributed by atoms with Crippen LogP contribution in [0.1, 0.15) is 24.8 Å². The van der Waals surface area contributed by atoms with Crippen molar-refractivity contribution in [1.29, 1.82) is 0 Å². The van der Waals surface area contributed by atoms with Crippen LogP contribution in [0.15, 0.2) is 17.5 Å². The largest absolute Gasteiger partial charge is 0.479 e. The Hall–Kier alpha value is -1.40. The predicted molar refractivity (Wildman–Crippen MR) is 65.7 cm³/mol. The molecular formula is C11H16N2O3S. The lowest BCUT2D eigenvalue weighted by atomic mass is 9.92. The van der Waals surface area contributed by atoms with E-state index in [0.29, 0.717) is 4.88 Å². The molecule has 5 nitrogen and oxygen atoms in total. The first-order valence-corrected chi connectivity index (χ1v) is 6.03. The van der Waals surface area contributed by atoms with Gasteiger partial charge in [-0.1, -0.05) is 6.07 Å². The van der Waals surface area contributed by atoms with E-state index in [9.17, 15) is 9.59 Å². The van der Waals surface area contributed by atoms with Crippen molar-refractivity contribution in [2.75, 3.05) is 6.54 Å². The fourth-order valence-electron chi connectivity index (χ4n) is 1.13. The normalized spacial score (nSPS) is 13.1. The van der Waals surface area contributed by atoms with Crippen molar-refractivity contribution >= 4 is 23.2 Å². The summed E-state index contributed by atoms with van der Waals surface area (Å²) < 4.78 is 0. The fourth-order valence-corrected chi connectivity index (χ4v) is 1.90. The van der Waals surface area contributed by atoms with Crippen molar-refractivity contribution in [2.45, 2.75) is 19.9 Å². The van der Waals surface area contributed by atoms with Gasteiger partial charge in [-0.25, -0.2) is 4.79 Å². The van der Waals surface area contributed by atoms with E-state index in [2.05, 4.69) is 5.32 Å². The number of carboxylic acids is 1. The highest BCUT2D eigenvalue weighted by atomic mass is 32.1. The van der Waals surface area contributed by atoms with Gasteiger partial charge >= 0.3 is 5.97 Å². The summed E-state index contributed by atoms with van der Waals surface area (Å²) in [6.45, 7) is 3.51. The molecule has 0 aliphatic heterocycles. The topological polar surface area (TPSA) is 92.4 Å². The van der Waals surface area contributed by atoms with Crippen LogP contribution in [-0.2, 0) is 9.59 Å². The van der Waals surface area contributed by atoms with E-state index >= 15 is 0 Å². The van der Waals surface area contributed by atoms with Crippen LogP contribution in [0.5, 0.6) is 0 Å². The van der Waals surface area contributed by atoms with Gasteiger partial charge in [0.25, 0.3) is 0 Å². The summed E-state index contributed by atoms with van der Waals surface area (Å²) in [5.74, 6) is -1.44. The Labute approximate surface area is 104 Å². The number of amides is 1. The molecule has 1 aromatic rings. The van der Waals surface area contributed by atoms with Crippen LogP contribution >= 0.6 is 11.3 Å². The molecule has 0 bridgehead atoms. The Bertz CT molecular complexity index is 401. The zero-order valence-electron chi connectivity index (χ0n) is 9.77. The number of nitrogens with one attached hydrogen (secondary N) is 1. The summed E-state index contributed by atoms with van der Waals surface area (Å²) >= 11 is 1.29. The quantitative estimate of drug-likeness (QED) is 0.732. The molecule has 1 atom stereocenters. The number of nitrogens with two attached hydrogens (primary N) is 1. The number of aliphatic carboxylic acids is 1. The van der Waals surface area contributed by atoms with E-state index < -0.39 is 17.4 Å². The number of rotatable bonds is 5. The summed E-state index contributed by atoms with van der Waals surface area (Å²) in [6, 6.07) is 2.42. The average molecular weight is 256 g/mol. The smallest absolute Gasteiger partial charge is 0.331 e. The molecule has 0 aliphatic rings. The minimum Gasteiger partial charge on any atom is -0.479 e. The first-order valence-electron chi connectivity index (χ1n) is 5.15. The summed E-state index contributed by atoms with van der Waals surface area (Å²) in [7, 11) is 0. The third-order valence-corrected chi connectivity index (χ3v) is 3.41. The second kappa shape index (κ2) is 5.29. The van der Waals surface area contributed by atoms with Crippen molar-refractivity contribution < 1.29 is 14.7 Å². The molecule has 0 fully saturated rings. The van der Waals surface area contributed by atoms with E-state index in [-0.39, 0.29) is 12.5 Å². The van der Waals surface area contributed by atoms with Crippen molar-refractivity contribution in [2.24, 2.45) is 11.1 Å². The van der Waals surface area contributed by atoms with Crippen LogP contribution < -0.4 is 11.1 Å². The van der Waals surface area contributed by atoms with E-state index in [4.69, 9.17) is 10.8 Å². The minimum absolute atomic E-state index is 0.162. The summed E-state index contributed by atoms with van der Waals surface area (Å²) in [4.78, 5) is 23.6. The van der Waals surface area contributed by atoms with Gasteiger partial charge in [0.2, 0.25) is 5.91 Å². The fraction of sp³-hybridized carbons (Fsp3) is 0.455. The minimum atomic E-state index is -1.08. The number of hydrogen-bond acceptors (Lipinski definition) is 4. The first kappa shape index (κ1) is 13.7. The maximum Gasteiger partial charge on any atom is 0.331 e. The highest BCUT2D eigenvalue weighted by Crippen LogP contribution is 2.21. The van der Waals surface area contributed by atoms with Crippen LogP contribution in [0, 0.1) is 5.41 Å². The Kier molecular flexibility index (Phi) is 4.25. The maximum atomic E-state index is 11.9. The van der Waals surface area contributed by atoms with Gasteiger partial charge in [-0.15, -0.1) is 11.3 Å². The van der Waals surface area contributed by atoms with Crippen LogP contribution in [0.2, 0.25) is 0 Å². The Morgan fingerprint density at radius 2 is 2.24 bits per heavy atom. The summed E-state index contributed by atoms with van der Waals surface area (Å²) in [6.07, 6.45) is 0. The molecule has 4 N–H and O–H groups in total. The summed E-state index contributed by atoms with van der Waals surface area (Å²) in [5, 5.41) is 13.4. The molecule has 0 saturated carbocycles. The lowest BCUT2D eigenvalue weighted by Crippen LogP contribution is -2.44. The molecule has 6 heteroatoms. The zero-order chi connectivity index (χ0) is 13.1. The SMILES string of the molecule is CC(C)(CN)C(=O)NC(C(=O)O)c1cccs1. The molecule has 0 aliphatic carbocycles. The van der Waals surface area contributed by atoms with Crippen LogP contribution in [0.3, 0.4) is 0 Å². The summed E-state index contributed by atoms with van der Waals surface area (Å²) in [5.41, 5.74) is 4.70. The van der Waals surface area contributed by atoms with Gasteiger partial charge in [0, 0.05) is 11.4 Å². The van der Waals surface area contributed by atoms with Crippen molar-refractivity contribution in [3.05, 3.63) is 22.4 Å². The molecule has 1 heterocycles. The molecular weight excluding hydrogens is 240 g/mol. The first-order chi connectivity index (χ1) is 7.88.